The highest BCUT2D eigenvalue weighted by Gasteiger charge is 2.20. The molecule has 0 fully saturated rings. The molecule has 0 aromatic rings. The van der Waals surface area contributed by atoms with Gasteiger partial charge in [-0.2, -0.15) is 0 Å². The Bertz CT molecular complexity index is 502. The summed E-state index contributed by atoms with van der Waals surface area (Å²) in [5.41, 5.74) is -0.771. The van der Waals surface area contributed by atoms with Crippen LogP contribution in [0.4, 0.5) is 0 Å². The highest BCUT2D eigenvalue weighted by molar-refractivity contribution is 6.00. The molecule has 0 rings (SSSR count). The van der Waals surface area contributed by atoms with Crippen molar-refractivity contribution in [3.8, 4) is 0 Å². The van der Waals surface area contributed by atoms with E-state index in [1.165, 1.54) is 0 Å². The summed E-state index contributed by atoms with van der Waals surface area (Å²) in [6.45, 7) is 6.58. The molecule has 0 aliphatic rings. The van der Waals surface area contributed by atoms with Crippen LogP contribution in [0.5, 0.6) is 0 Å². The minimum atomic E-state index is -0.908. The zero-order valence-corrected chi connectivity index (χ0v) is 14.7. The van der Waals surface area contributed by atoms with Crippen LogP contribution in [0, 0.1) is 0 Å². The van der Waals surface area contributed by atoms with Crippen LogP contribution in [0.25, 0.3) is 0 Å². The van der Waals surface area contributed by atoms with Crippen molar-refractivity contribution in [2.75, 3.05) is 26.4 Å². The van der Waals surface area contributed by atoms with Crippen molar-refractivity contribution in [2.45, 2.75) is 27.7 Å². The van der Waals surface area contributed by atoms with Crippen LogP contribution in [-0.4, -0.2) is 50.3 Å². The van der Waals surface area contributed by atoms with E-state index >= 15 is 0 Å². The van der Waals surface area contributed by atoms with Crippen molar-refractivity contribution in [1.82, 2.24) is 5.32 Å². The monoisotopic (exact) mass is 357 g/mol. The van der Waals surface area contributed by atoms with Gasteiger partial charge in [0.2, 0.25) is 0 Å². The number of carbonyl (C=O) groups excluding carboxylic acids is 4. The Kier molecular flexibility index (Phi) is 11.1. The first-order valence-corrected chi connectivity index (χ1v) is 7.77. The first-order valence-electron chi connectivity index (χ1n) is 7.77. The molecule has 0 aromatic heterocycles. The fourth-order valence-corrected chi connectivity index (χ4v) is 1.46. The SMILES string of the molecule is CCOC(=O)/C=C(\N/C(=C\C(=O)OCC)C(=O)OCC)C(=O)OCC. The van der Waals surface area contributed by atoms with Crippen LogP contribution in [-0.2, 0) is 38.1 Å². The molecular weight excluding hydrogens is 334 g/mol. The summed E-state index contributed by atoms with van der Waals surface area (Å²) in [7, 11) is 0. The maximum Gasteiger partial charge on any atom is 0.355 e. The van der Waals surface area contributed by atoms with Crippen LogP contribution in [0.15, 0.2) is 23.5 Å². The Morgan fingerprint density at radius 2 is 0.960 bits per heavy atom. The second-order valence-electron chi connectivity index (χ2n) is 4.19. The minimum Gasteiger partial charge on any atom is -0.463 e. The number of ether oxygens (including phenoxy) is 4. The molecule has 0 heterocycles. The minimum absolute atomic E-state index is 0.0387. The van der Waals surface area contributed by atoms with E-state index in [0.29, 0.717) is 0 Å². The zero-order chi connectivity index (χ0) is 19.2. The van der Waals surface area contributed by atoms with Crippen molar-refractivity contribution in [3.63, 3.8) is 0 Å². The van der Waals surface area contributed by atoms with Gasteiger partial charge in [0.25, 0.3) is 0 Å². The third-order valence-electron chi connectivity index (χ3n) is 2.36. The van der Waals surface area contributed by atoms with E-state index in [9.17, 15) is 19.2 Å². The molecule has 0 unspecified atom stereocenters. The Hall–Kier alpha value is -2.84. The van der Waals surface area contributed by atoms with E-state index in [1.807, 2.05) is 0 Å². The predicted molar refractivity (Wildman–Crippen MR) is 85.8 cm³/mol. The van der Waals surface area contributed by atoms with Gasteiger partial charge in [-0.05, 0) is 27.7 Å². The average molecular weight is 357 g/mol. The van der Waals surface area contributed by atoms with E-state index in [4.69, 9.17) is 18.9 Å². The molecule has 0 saturated carbocycles. The molecule has 1 N–H and O–H groups in total. The molecule has 0 aliphatic carbocycles. The predicted octanol–water partition coefficient (Wildman–Crippen LogP) is 0.596. The van der Waals surface area contributed by atoms with Crippen molar-refractivity contribution >= 4 is 23.9 Å². The molecule has 0 saturated heterocycles. The lowest BCUT2D eigenvalue weighted by molar-refractivity contribution is -0.142. The molecule has 9 heteroatoms. The first kappa shape index (κ1) is 22.2. The van der Waals surface area contributed by atoms with Crippen LogP contribution < -0.4 is 5.32 Å². The maximum absolute atomic E-state index is 12.0. The van der Waals surface area contributed by atoms with Gasteiger partial charge in [0, 0.05) is 0 Å². The van der Waals surface area contributed by atoms with Crippen LogP contribution in [0.3, 0.4) is 0 Å². The Morgan fingerprint density at radius 3 is 1.24 bits per heavy atom. The van der Waals surface area contributed by atoms with Gasteiger partial charge in [-0.25, -0.2) is 19.2 Å². The smallest absolute Gasteiger partial charge is 0.355 e. The van der Waals surface area contributed by atoms with E-state index in [0.717, 1.165) is 12.2 Å². The average Bonchev–Trinajstić information content (AvgIpc) is 2.54. The normalized spacial score (nSPS) is 11.4. The number of nitrogens with one attached hydrogen (secondary N) is 1. The highest BCUT2D eigenvalue weighted by atomic mass is 16.5. The molecule has 0 amide bonds. The Labute approximate surface area is 145 Å². The van der Waals surface area contributed by atoms with Gasteiger partial charge < -0.3 is 24.3 Å². The number of hydrogen-bond donors (Lipinski definition) is 1. The quantitative estimate of drug-likeness (QED) is 0.340. The van der Waals surface area contributed by atoms with Gasteiger partial charge in [-0.15, -0.1) is 0 Å². The molecular formula is C16H23NO8. The van der Waals surface area contributed by atoms with Crippen LogP contribution in [0.1, 0.15) is 27.7 Å². The third kappa shape index (κ3) is 9.14. The summed E-state index contributed by atoms with van der Waals surface area (Å²) < 4.78 is 19.0. The topological polar surface area (TPSA) is 117 Å². The first-order chi connectivity index (χ1) is 11.9. The maximum atomic E-state index is 12.0. The molecule has 0 spiro atoms. The molecule has 140 valence electrons. The molecule has 0 bridgehead atoms. The third-order valence-corrected chi connectivity index (χ3v) is 2.36. The van der Waals surface area contributed by atoms with Gasteiger partial charge in [0.1, 0.15) is 11.4 Å². The van der Waals surface area contributed by atoms with Gasteiger partial charge in [-0.3, -0.25) is 0 Å². The Morgan fingerprint density at radius 1 is 0.640 bits per heavy atom. The van der Waals surface area contributed by atoms with Gasteiger partial charge in [0.05, 0.1) is 38.6 Å². The highest BCUT2D eigenvalue weighted by Crippen LogP contribution is 2.04. The lowest BCUT2D eigenvalue weighted by Gasteiger charge is -2.12. The standard InChI is InChI=1S/C16H23NO8/c1-5-22-13(18)9-11(15(20)24-7-3)17-12(16(21)25-8-4)10-14(19)23-6-2/h9-10,17H,5-8H2,1-4H3/b11-9-,12-10-. The van der Waals surface area contributed by atoms with E-state index in [2.05, 4.69) is 5.32 Å². The van der Waals surface area contributed by atoms with Crippen molar-refractivity contribution in [1.29, 1.82) is 0 Å². The number of hydrogen-bond acceptors (Lipinski definition) is 9. The largest absolute Gasteiger partial charge is 0.463 e. The van der Waals surface area contributed by atoms with Crippen LogP contribution in [0.2, 0.25) is 0 Å². The lowest BCUT2D eigenvalue weighted by Crippen LogP contribution is -2.29. The number of rotatable bonds is 10. The van der Waals surface area contributed by atoms with E-state index in [-0.39, 0.29) is 37.8 Å². The second-order valence-corrected chi connectivity index (χ2v) is 4.19. The second kappa shape index (κ2) is 12.6. The molecule has 0 aromatic carbocycles. The number of carbonyl (C=O) groups is 4. The van der Waals surface area contributed by atoms with Gasteiger partial charge >= 0.3 is 23.9 Å². The van der Waals surface area contributed by atoms with Crippen molar-refractivity contribution < 1.29 is 38.1 Å². The van der Waals surface area contributed by atoms with Crippen LogP contribution >= 0.6 is 0 Å². The summed E-state index contributed by atoms with van der Waals surface area (Å²) >= 11 is 0. The van der Waals surface area contributed by atoms with Gasteiger partial charge in [0.15, 0.2) is 0 Å². The van der Waals surface area contributed by atoms with Crippen molar-refractivity contribution in [3.05, 3.63) is 23.5 Å². The van der Waals surface area contributed by atoms with E-state index in [1.54, 1.807) is 27.7 Å². The summed E-state index contributed by atoms with van der Waals surface area (Å²) in [6, 6.07) is 0. The fraction of sp³-hybridized carbons (Fsp3) is 0.500. The summed E-state index contributed by atoms with van der Waals surface area (Å²) in [4.78, 5) is 47.1. The molecule has 25 heavy (non-hydrogen) atoms. The molecule has 0 radical (unpaired) electrons. The molecule has 9 nitrogen and oxygen atoms in total. The number of esters is 4. The summed E-state index contributed by atoms with van der Waals surface area (Å²) in [6.07, 6.45) is 1.64. The zero-order valence-electron chi connectivity index (χ0n) is 14.7. The Balaban J connectivity index is 5.63. The summed E-state index contributed by atoms with van der Waals surface area (Å²) in [5.74, 6) is -3.46. The lowest BCUT2D eigenvalue weighted by atomic mass is 10.3. The van der Waals surface area contributed by atoms with E-state index < -0.39 is 23.9 Å². The van der Waals surface area contributed by atoms with Crippen molar-refractivity contribution in [2.24, 2.45) is 0 Å². The summed E-state index contributed by atoms with van der Waals surface area (Å²) in [5, 5.41) is 2.37. The van der Waals surface area contributed by atoms with Gasteiger partial charge in [-0.1, -0.05) is 0 Å². The molecule has 0 atom stereocenters. The molecule has 0 aliphatic heterocycles. The fourth-order valence-electron chi connectivity index (χ4n) is 1.46.